The summed E-state index contributed by atoms with van der Waals surface area (Å²) in [6.45, 7) is 31.1. The average Bonchev–Trinajstić information content (AvgIpc) is 3.47. The van der Waals surface area contributed by atoms with Crippen LogP contribution in [0.2, 0.25) is 0 Å². The first-order valence-corrected chi connectivity index (χ1v) is 31.5. The summed E-state index contributed by atoms with van der Waals surface area (Å²) >= 11 is 0. The molecule has 0 saturated carbocycles. The van der Waals surface area contributed by atoms with Crippen molar-refractivity contribution < 1.29 is 23.7 Å². The number of likely N-dealkylation sites (tertiary alicyclic amines) is 3. The number of carbonyl (C=O) groups is 1. The summed E-state index contributed by atoms with van der Waals surface area (Å²) in [6.07, 6.45) is 21.7. The molecule has 0 aromatic heterocycles. The number of hydrogen-bond donors (Lipinski definition) is 0. The smallest absolute Gasteiger partial charge is 0.219 e. The monoisotopic (exact) mass is 1090 g/mol. The van der Waals surface area contributed by atoms with E-state index in [4.69, 9.17) is 18.9 Å². The molecule has 1 amide bonds. The molecule has 1 unspecified atom stereocenters. The summed E-state index contributed by atoms with van der Waals surface area (Å²) in [7, 11) is 0. The normalized spacial score (nSPS) is 19.4. The Morgan fingerprint density at radius 1 is 0.367 bits per heavy atom. The number of nitrogens with zero attached hydrogens (tertiary/aromatic N) is 5. The zero-order valence-electron chi connectivity index (χ0n) is 50.4. The molecule has 8 rings (SSSR count). The van der Waals surface area contributed by atoms with Gasteiger partial charge in [0.05, 0.1) is 26.4 Å². The average molecular weight is 1090 g/mol. The number of piperidine rings is 3. The third-order valence-electron chi connectivity index (χ3n) is 15.9. The fourth-order valence-electron chi connectivity index (χ4n) is 11.3. The zero-order valence-corrected chi connectivity index (χ0v) is 50.4. The molecule has 10 nitrogen and oxygen atoms in total. The van der Waals surface area contributed by atoms with Gasteiger partial charge >= 0.3 is 0 Å². The highest BCUT2D eigenvalue weighted by Gasteiger charge is 2.22. The molecule has 4 saturated heterocycles. The van der Waals surface area contributed by atoms with Crippen LogP contribution in [0, 0.1) is 23.7 Å². The third kappa shape index (κ3) is 31.3. The Bertz CT molecular complexity index is 2030. The molecule has 4 aromatic rings. The van der Waals surface area contributed by atoms with Crippen molar-refractivity contribution in [2.45, 2.75) is 144 Å². The van der Waals surface area contributed by atoms with Crippen LogP contribution in [0.15, 0.2) is 121 Å². The van der Waals surface area contributed by atoms with Gasteiger partial charge in [0.1, 0.15) is 23.0 Å². The first kappa shape index (κ1) is 65.2. The second kappa shape index (κ2) is 41.4. The largest absolute Gasteiger partial charge is 0.494 e. The van der Waals surface area contributed by atoms with Crippen LogP contribution in [0.5, 0.6) is 23.0 Å². The van der Waals surface area contributed by atoms with Crippen molar-refractivity contribution >= 4 is 5.91 Å². The molecule has 4 aliphatic rings. The maximum Gasteiger partial charge on any atom is 0.219 e. The van der Waals surface area contributed by atoms with E-state index in [1.54, 1.807) is 6.92 Å². The highest BCUT2D eigenvalue weighted by Crippen LogP contribution is 2.22. The fourth-order valence-corrected chi connectivity index (χ4v) is 11.3. The summed E-state index contributed by atoms with van der Waals surface area (Å²) in [5.41, 5.74) is 0. The number of rotatable bonds is 28. The van der Waals surface area contributed by atoms with Gasteiger partial charge in [-0.3, -0.25) is 9.69 Å². The molecule has 0 N–H and O–H groups in total. The van der Waals surface area contributed by atoms with Gasteiger partial charge in [-0.15, -0.1) is 0 Å². The Kier molecular flexibility index (Phi) is 34.2. The predicted molar refractivity (Wildman–Crippen MR) is 331 cm³/mol. The maximum absolute atomic E-state index is 11.2. The SMILES string of the molecule is CC(=O)N1CCN(CCCCCOc2ccccc2)CC1.CC1CCCN(CCCCCOc2ccccc2)C1.CC1CCN(CCCCCOc2ccccc2)CC1.C[C@H]1C[C@H](C)CN(CCCCCOc2ccccc2)C1. The lowest BCUT2D eigenvalue weighted by molar-refractivity contribution is -0.130. The van der Waals surface area contributed by atoms with Crippen molar-refractivity contribution in [1.29, 1.82) is 0 Å². The van der Waals surface area contributed by atoms with Crippen LogP contribution in [-0.2, 0) is 4.79 Å². The van der Waals surface area contributed by atoms with Gasteiger partial charge in [-0.2, -0.15) is 0 Å². The molecule has 0 aliphatic carbocycles. The van der Waals surface area contributed by atoms with E-state index in [1.807, 2.05) is 126 Å². The lowest BCUT2D eigenvalue weighted by Crippen LogP contribution is -2.48. The number of benzene rings is 4. The first-order chi connectivity index (χ1) is 38.7. The molecule has 4 aliphatic heterocycles. The number of carbonyl (C=O) groups excluding carboxylic acids is 1. The van der Waals surface area contributed by atoms with Crippen LogP contribution in [0.3, 0.4) is 0 Å². The molecule has 440 valence electrons. The highest BCUT2D eigenvalue weighted by atomic mass is 16.5. The van der Waals surface area contributed by atoms with E-state index in [2.05, 4.69) is 47.3 Å². The number of piperazine rings is 1. The molecule has 3 atom stereocenters. The van der Waals surface area contributed by atoms with Crippen molar-refractivity contribution in [3.63, 3.8) is 0 Å². The number of hydrogen-bond acceptors (Lipinski definition) is 9. The summed E-state index contributed by atoms with van der Waals surface area (Å²) in [6, 6.07) is 40.3. The van der Waals surface area contributed by atoms with E-state index >= 15 is 0 Å². The molecular formula is C69H109N5O5. The second-order valence-electron chi connectivity index (χ2n) is 23.5. The van der Waals surface area contributed by atoms with Gasteiger partial charge in [-0.25, -0.2) is 0 Å². The van der Waals surface area contributed by atoms with E-state index in [9.17, 15) is 4.79 Å². The number of para-hydroxylation sites is 4. The molecule has 10 heteroatoms. The van der Waals surface area contributed by atoms with Gasteiger partial charge in [0.2, 0.25) is 5.91 Å². The molecule has 79 heavy (non-hydrogen) atoms. The summed E-state index contributed by atoms with van der Waals surface area (Å²) < 4.78 is 22.8. The van der Waals surface area contributed by atoms with E-state index < -0.39 is 0 Å². The Morgan fingerprint density at radius 2 is 0.709 bits per heavy atom. The van der Waals surface area contributed by atoms with Crippen LogP contribution in [0.4, 0.5) is 0 Å². The van der Waals surface area contributed by atoms with E-state index in [-0.39, 0.29) is 5.91 Å². The molecule has 0 bridgehead atoms. The predicted octanol–water partition coefficient (Wildman–Crippen LogP) is 14.5. The fraction of sp³-hybridized carbons (Fsp3) is 0.638. The van der Waals surface area contributed by atoms with Gasteiger partial charge in [-0.05, 0) is 227 Å². The lowest BCUT2D eigenvalue weighted by atomic mass is 9.92. The minimum absolute atomic E-state index is 0.202. The summed E-state index contributed by atoms with van der Waals surface area (Å²) in [5, 5.41) is 0. The van der Waals surface area contributed by atoms with Crippen molar-refractivity contribution in [3.8, 4) is 23.0 Å². The van der Waals surface area contributed by atoms with Crippen molar-refractivity contribution in [1.82, 2.24) is 24.5 Å². The standard InChI is InChI=1S/C18H29NO.C17H26N2O2.2C17H27NO/c1-16-13-17(2)15-19(14-16)11-7-4-8-12-20-18-9-5-3-6-10-18;1-16(20)19-13-11-18(12-14-19)10-6-3-7-15-21-17-8-4-2-5-9-17;1-16-9-8-13-18(15-16)12-6-3-7-14-19-17-10-4-2-5-11-17;1-16-10-13-18(14-11-16)12-6-3-7-15-19-17-8-4-2-5-9-17/h3,5-6,9-10,16-17H,4,7-8,11-15H2,1-2H3;2,4-5,8-9H,3,6-7,10-15H2,1H3;2,4-5,10-11,16H,3,6-9,12-15H2,1H3;2,4-5,8-9,16H,3,6-7,10-15H2,1H3/t16-,17-;;;/m0.../s1. The minimum Gasteiger partial charge on any atom is -0.494 e. The van der Waals surface area contributed by atoms with Crippen molar-refractivity contribution in [3.05, 3.63) is 121 Å². The summed E-state index contributed by atoms with van der Waals surface area (Å²) in [5.74, 6) is 7.72. The van der Waals surface area contributed by atoms with Gasteiger partial charge in [0.15, 0.2) is 0 Å². The van der Waals surface area contributed by atoms with Gasteiger partial charge in [-0.1, -0.05) is 100 Å². The topological polar surface area (TPSA) is 70.2 Å². The van der Waals surface area contributed by atoms with Crippen LogP contribution in [0.1, 0.15) is 144 Å². The van der Waals surface area contributed by atoms with Crippen molar-refractivity contribution in [2.75, 3.05) is 118 Å². The lowest BCUT2D eigenvalue weighted by Gasteiger charge is -2.34. The van der Waals surface area contributed by atoms with Gasteiger partial charge in [0.25, 0.3) is 0 Å². The number of unbranched alkanes of at least 4 members (excludes halogenated alkanes) is 8. The van der Waals surface area contributed by atoms with Crippen LogP contribution in [-0.4, -0.2) is 148 Å². The Morgan fingerprint density at radius 3 is 1.08 bits per heavy atom. The van der Waals surface area contributed by atoms with Gasteiger partial charge < -0.3 is 38.5 Å². The van der Waals surface area contributed by atoms with E-state index in [0.717, 1.165) is 125 Å². The quantitative estimate of drug-likeness (QED) is 0.0517. The zero-order chi connectivity index (χ0) is 55.8. The van der Waals surface area contributed by atoms with Crippen molar-refractivity contribution in [2.24, 2.45) is 23.7 Å². The van der Waals surface area contributed by atoms with Crippen LogP contribution >= 0.6 is 0 Å². The molecular weight excluding hydrogens is 979 g/mol. The molecule has 0 radical (unpaired) electrons. The number of ether oxygens (including phenoxy) is 4. The third-order valence-corrected chi connectivity index (χ3v) is 15.9. The maximum atomic E-state index is 11.2. The second-order valence-corrected chi connectivity index (χ2v) is 23.5. The van der Waals surface area contributed by atoms with E-state index in [1.165, 1.54) is 149 Å². The Hall–Kier alpha value is -4.61. The molecule has 4 heterocycles. The van der Waals surface area contributed by atoms with Crippen LogP contribution in [0.25, 0.3) is 0 Å². The Labute approximate surface area is 481 Å². The molecule has 4 fully saturated rings. The molecule has 4 aromatic carbocycles. The first-order valence-electron chi connectivity index (χ1n) is 31.5. The van der Waals surface area contributed by atoms with Gasteiger partial charge in [0, 0.05) is 52.7 Å². The van der Waals surface area contributed by atoms with Crippen LogP contribution < -0.4 is 18.9 Å². The van der Waals surface area contributed by atoms with E-state index in [0.29, 0.717) is 0 Å². The Balaban J connectivity index is 0.000000194. The molecule has 0 spiro atoms. The number of amides is 1. The summed E-state index contributed by atoms with van der Waals surface area (Å²) in [4.78, 5) is 23.5. The minimum atomic E-state index is 0.202. The highest BCUT2D eigenvalue weighted by molar-refractivity contribution is 5.73.